The Hall–Kier alpha value is -2.39. The number of hydrogen-bond acceptors (Lipinski definition) is 5. The summed E-state index contributed by atoms with van der Waals surface area (Å²) in [7, 11) is -1.15. The molecule has 142 valence electrons. The number of carbonyl (C=O) groups is 3. The lowest BCUT2D eigenvalue weighted by atomic mass is 9.72. The first kappa shape index (κ1) is 21.7. The minimum atomic E-state index is -1.15. The Bertz CT molecular complexity index is 592. The Morgan fingerprint density at radius 3 is 2.35 bits per heavy atom. The molecule has 2 rings (SSSR count). The molecule has 2 atom stereocenters. The van der Waals surface area contributed by atoms with E-state index in [-0.39, 0.29) is 12.3 Å². The Balaban J connectivity index is 0.000000765. The van der Waals surface area contributed by atoms with E-state index in [1.807, 2.05) is 30.3 Å². The molecule has 0 aliphatic carbocycles. The van der Waals surface area contributed by atoms with Crippen LogP contribution in [-0.2, 0) is 25.5 Å². The first-order valence-corrected chi connectivity index (χ1v) is 8.36. The van der Waals surface area contributed by atoms with Crippen molar-refractivity contribution in [3.8, 4) is 0 Å². The van der Waals surface area contributed by atoms with Crippen molar-refractivity contribution in [3.05, 3.63) is 35.9 Å². The highest BCUT2D eigenvalue weighted by Crippen LogP contribution is 2.18. The summed E-state index contributed by atoms with van der Waals surface area (Å²) >= 11 is 0. The SMILES string of the molecule is CC(=O)O.O=C(O)C[C@@H]1CC[C@H](NC(=O)CCc2ccccc2)B(O)O1. The lowest BCUT2D eigenvalue weighted by molar-refractivity contribution is -0.139. The van der Waals surface area contributed by atoms with E-state index in [1.165, 1.54) is 0 Å². The number of amides is 1. The van der Waals surface area contributed by atoms with Gasteiger partial charge in [0.25, 0.3) is 5.97 Å². The van der Waals surface area contributed by atoms with Crippen LogP contribution < -0.4 is 5.32 Å². The van der Waals surface area contributed by atoms with Crippen molar-refractivity contribution in [3.63, 3.8) is 0 Å². The Morgan fingerprint density at radius 1 is 1.19 bits per heavy atom. The number of aryl methyl sites for hydroxylation is 1. The van der Waals surface area contributed by atoms with Crippen molar-refractivity contribution < 1.29 is 34.3 Å². The third-order valence-corrected chi connectivity index (χ3v) is 3.71. The van der Waals surface area contributed by atoms with Gasteiger partial charge in [-0.1, -0.05) is 30.3 Å². The van der Waals surface area contributed by atoms with Crippen LogP contribution in [0.3, 0.4) is 0 Å². The molecule has 1 aromatic carbocycles. The Kier molecular flexibility index (Phi) is 9.39. The standard InChI is InChI=1S/C15H20BNO5.C2H4O2/c18-14(9-6-11-4-2-1-3-5-11)17-13-8-7-12(10-15(19)20)22-16(13)21;1-2(3)4/h1-5,12-13,21H,6-10H2,(H,17,18)(H,19,20);1H3,(H,3,4)/t12-,13-;/m0./s1. The molecular weight excluding hydrogens is 341 g/mol. The van der Waals surface area contributed by atoms with Gasteiger partial charge >= 0.3 is 13.1 Å². The largest absolute Gasteiger partial charge is 0.481 e. The number of aliphatic carboxylic acids is 2. The minimum Gasteiger partial charge on any atom is -0.481 e. The van der Waals surface area contributed by atoms with E-state index in [2.05, 4.69) is 5.32 Å². The molecule has 0 spiro atoms. The smallest absolute Gasteiger partial charge is 0.478 e. The average Bonchev–Trinajstić information content (AvgIpc) is 2.55. The number of rotatable bonds is 6. The Labute approximate surface area is 152 Å². The topological polar surface area (TPSA) is 133 Å². The molecule has 0 aromatic heterocycles. The third kappa shape index (κ3) is 9.19. The van der Waals surface area contributed by atoms with Crippen LogP contribution in [-0.4, -0.2) is 52.2 Å². The van der Waals surface area contributed by atoms with E-state index in [1.54, 1.807) is 0 Å². The van der Waals surface area contributed by atoms with E-state index in [9.17, 15) is 14.6 Å². The molecule has 0 unspecified atom stereocenters. The molecule has 1 heterocycles. The minimum absolute atomic E-state index is 0.133. The van der Waals surface area contributed by atoms with Gasteiger partial charge < -0.3 is 25.2 Å². The number of carbonyl (C=O) groups excluding carboxylic acids is 1. The zero-order valence-corrected chi connectivity index (χ0v) is 14.6. The highest BCUT2D eigenvalue weighted by molar-refractivity contribution is 6.45. The van der Waals surface area contributed by atoms with Crippen LogP contribution in [0.2, 0.25) is 0 Å². The third-order valence-electron chi connectivity index (χ3n) is 3.71. The molecule has 1 aliphatic rings. The van der Waals surface area contributed by atoms with Crippen molar-refractivity contribution in [2.45, 2.75) is 51.1 Å². The van der Waals surface area contributed by atoms with Crippen molar-refractivity contribution >= 4 is 25.0 Å². The maximum Gasteiger partial charge on any atom is 0.478 e. The Morgan fingerprint density at radius 2 is 1.81 bits per heavy atom. The van der Waals surface area contributed by atoms with Gasteiger partial charge in [-0.2, -0.15) is 0 Å². The summed E-state index contributed by atoms with van der Waals surface area (Å²) in [5.41, 5.74) is 1.08. The van der Waals surface area contributed by atoms with Crippen LogP contribution in [0.25, 0.3) is 0 Å². The fourth-order valence-electron chi connectivity index (χ4n) is 2.54. The van der Waals surface area contributed by atoms with E-state index in [4.69, 9.17) is 19.7 Å². The summed E-state index contributed by atoms with van der Waals surface area (Å²) in [5.74, 6) is -2.41. The number of hydrogen-bond donors (Lipinski definition) is 4. The van der Waals surface area contributed by atoms with Crippen LogP contribution in [0.5, 0.6) is 0 Å². The van der Waals surface area contributed by atoms with Gasteiger partial charge in [0.15, 0.2) is 0 Å². The summed E-state index contributed by atoms with van der Waals surface area (Å²) in [5, 5.41) is 28.7. The molecule has 1 fully saturated rings. The summed E-state index contributed by atoms with van der Waals surface area (Å²) in [4.78, 5) is 31.5. The first-order valence-electron chi connectivity index (χ1n) is 8.36. The lowest BCUT2D eigenvalue weighted by Gasteiger charge is -2.30. The van der Waals surface area contributed by atoms with Gasteiger partial charge in [0.2, 0.25) is 5.91 Å². The maximum absolute atomic E-state index is 11.9. The summed E-state index contributed by atoms with van der Waals surface area (Å²) in [6, 6.07) is 9.70. The van der Waals surface area contributed by atoms with Gasteiger partial charge in [0.05, 0.1) is 18.5 Å². The second-order valence-corrected chi connectivity index (χ2v) is 6.00. The van der Waals surface area contributed by atoms with Crippen molar-refractivity contribution in [1.82, 2.24) is 5.32 Å². The van der Waals surface area contributed by atoms with Gasteiger partial charge in [-0.05, 0) is 24.8 Å². The fraction of sp³-hybridized carbons (Fsp3) is 0.471. The molecule has 1 aliphatic heterocycles. The quantitative estimate of drug-likeness (QED) is 0.550. The average molecular weight is 365 g/mol. The van der Waals surface area contributed by atoms with Crippen LogP contribution in [0.1, 0.15) is 38.2 Å². The predicted molar refractivity (Wildman–Crippen MR) is 94.3 cm³/mol. The number of carboxylic acid groups (broad SMARTS) is 2. The van der Waals surface area contributed by atoms with Gasteiger partial charge in [-0.25, -0.2) is 0 Å². The van der Waals surface area contributed by atoms with E-state index in [0.717, 1.165) is 12.5 Å². The first-order chi connectivity index (χ1) is 12.3. The second-order valence-electron chi connectivity index (χ2n) is 6.00. The van der Waals surface area contributed by atoms with Gasteiger partial charge in [0.1, 0.15) is 0 Å². The molecule has 4 N–H and O–H groups in total. The van der Waals surface area contributed by atoms with Crippen LogP contribution in [0, 0.1) is 0 Å². The summed E-state index contributed by atoms with van der Waals surface area (Å²) < 4.78 is 5.23. The van der Waals surface area contributed by atoms with Gasteiger partial charge in [-0.3, -0.25) is 14.4 Å². The molecule has 0 saturated carbocycles. The monoisotopic (exact) mass is 365 g/mol. The lowest BCUT2D eigenvalue weighted by Crippen LogP contribution is -2.52. The molecule has 1 amide bonds. The molecule has 0 radical (unpaired) electrons. The van der Waals surface area contributed by atoms with Crippen molar-refractivity contribution in [2.24, 2.45) is 0 Å². The number of carboxylic acids is 2. The second kappa shape index (κ2) is 11.3. The normalized spacial score (nSPS) is 19.1. The molecule has 1 saturated heterocycles. The van der Waals surface area contributed by atoms with Crippen molar-refractivity contribution in [2.75, 3.05) is 0 Å². The molecule has 8 nitrogen and oxygen atoms in total. The highest BCUT2D eigenvalue weighted by atomic mass is 16.5. The number of benzene rings is 1. The van der Waals surface area contributed by atoms with E-state index in [0.29, 0.717) is 25.7 Å². The summed E-state index contributed by atoms with van der Waals surface area (Å²) in [6.45, 7) is 1.08. The van der Waals surface area contributed by atoms with E-state index < -0.39 is 31.1 Å². The molecule has 0 bridgehead atoms. The number of nitrogens with one attached hydrogen (secondary N) is 1. The van der Waals surface area contributed by atoms with Gasteiger partial charge in [0, 0.05) is 13.3 Å². The van der Waals surface area contributed by atoms with Crippen LogP contribution in [0.4, 0.5) is 0 Å². The van der Waals surface area contributed by atoms with E-state index >= 15 is 0 Å². The zero-order valence-electron chi connectivity index (χ0n) is 14.6. The maximum atomic E-state index is 11.9. The molecule has 1 aromatic rings. The molecule has 26 heavy (non-hydrogen) atoms. The predicted octanol–water partition coefficient (Wildman–Crippen LogP) is 0.868. The zero-order chi connectivity index (χ0) is 19.5. The van der Waals surface area contributed by atoms with Gasteiger partial charge in [-0.15, -0.1) is 0 Å². The van der Waals surface area contributed by atoms with Crippen LogP contribution >= 0.6 is 0 Å². The highest BCUT2D eigenvalue weighted by Gasteiger charge is 2.36. The van der Waals surface area contributed by atoms with Crippen LogP contribution in [0.15, 0.2) is 30.3 Å². The van der Waals surface area contributed by atoms with Crippen molar-refractivity contribution in [1.29, 1.82) is 0 Å². The fourth-order valence-corrected chi connectivity index (χ4v) is 2.54. The molecular formula is C17H24BNO7. The molecule has 9 heteroatoms. The summed E-state index contributed by atoms with van der Waals surface area (Å²) in [6.07, 6.45) is 1.36.